The lowest BCUT2D eigenvalue weighted by molar-refractivity contribution is 0.586. The second-order valence-corrected chi connectivity index (χ2v) is 10.6. The van der Waals surface area contributed by atoms with Crippen LogP contribution >= 0.6 is 11.6 Å². The van der Waals surface area contributed by atoms with E-state index in [4.69, 9.17) is 34.5 Å². The molecule has 4 rings (SSSR count). The lowest BCUT2D eigenvalue weighted by Gasteiger charge is -2.13. The summed E-state index contributed by atoms with van der Waals surface area (Å²) in [6, 6.07) is 12.8. The Morgan fingerprint density at radius 2 is 1.88 bits per heavy atom. The van der Waals surface area contributed by atoms with Crippen molar-refractivity contribution in [3.8, 4) is 16.9 Å². The van der Waals surface area contributed by atoms with E-state index >= 15 is 4.39 Å². The summed E-state index contributed by atoms with van der Waals surface area (Å²) >= 11 is 6.22. The number of aryl methyl sites for hydroxylation is 1. The SMILES string of the molecule is C[C@H](N)CCCc1cc(Cl)c(F)c(-c2cc3cn(-c4ccc(C[C@@H](CCCN)N=C(N)N)cc4)c(=O)nc3[nH]2)c1. The summed E-state index contributed by atoms with van der Waals surface area (Å²) in [4.78, 5) is 24.5. The first-order valence-electron chi connectivity index (χ1n) is 13.4. The Balaban J connectivity index is 1.60. The number of hydrogen-bond acceptors (Lipinski definition) is 5. The maximum atomic E-state index is 15.0. The van der Waals surface area contributed by atoms with Gasteiger partial charge in [0.1, 0.15) is 5.65 Å². The first kappa shape index (κ1) is 29.3. The molecule has 0 saturated heterocycles. The number of aliphatic imine (C=N–C) groups is 1. The number of nitrogens with one attached hydrogen (secondary N) is 1. The number of H-pyrrole nitrogens is 1. The van der Waals surface area contributed by atoms with Crippen molar-refractivity contribution in [3.63, 3.8) is 0 Å². The van der Waals surface area contributed by atoms with Gasteiger partial charge >= 0.3 is 5.69 Å². The molecule has 9 nitrogen and oxygen atoms in total. The number of aromatic nitrogens is 3. The maximum Gasteiger partial charge on any atom is 0.354 e. The molecule has 2 aromatic heterocycles. The topological polar surface area (TPSA) is 167 Å². The number of hydrogen-bond donors (Lipinski definition) is 5. The van der Waals surface area contributed by atoms with Crippen LogP contribution in [0.3, 0.4) is 0 Å². The second kappa shape index (κ2) is 13.1. The van der Waals surface area contributed by atoms with Crippen LogP contribution in [0.1, 0.15) is 43.7 Å². The third-order valence-electron chi connectivity index (χ3n) is 6.77. The average Bonchev–Trinajstić information content (AvgIpc) is 3.31. The van der Waals surface area contributed by atoms with E-state index in [1.807, 2.05) is 31.2 Å². The average molecular weight is 567 g/mol. The van der Waals surface area contributed by atoms with E-state index in [0.29, 0.717) is 40.9 Å². The van der Waals surface area contributed by atoms with E-state index in [1.54, 1.807) is 24.4 Å². The van der Waals surface area contributed by atoms with Crippen LogP contribution in [-0.2, 0) is 12.8 Å². The lowest BCUT2D eigenvalue weighted by Crippen LogP contribution is -2.26. The molecule has 0 fully saturated rings. The highest BCUT2D eigenvalue weighted by atomic mass is 35.5. The van der Waals surface area contributed by atoms with Crippen LogP contribution in [0, 0.1) is 5.82 Å². The quantitative estimate of drug-likeness (QED) is 0.129. The van der Waals surface area contributed by atoms with E-state index in [-0.39, 0.29) is 23.1 Å². The minimum Gasteiger partial charge on any atom is -0.370 e. The Hall–Kier alpha value is -3.73. The summed E-state index contributed by atoms with van der Waals surface area (Å²) in [7, 11) is 0. The fourth-order valence-electron chi connectivity index (χ4n) is 4.78. The first-order valence-corrected chi connectivity index (χ1v) is 13.8. The molecule has 212 valence electrons. The maximum absolute atomic E-state index is 15.0. The molecule has 0 radical (unpaired) electrons. The summed E-state index contributed by atoms with van der Waals surface area (Å²) in [5, 5.41) is 0.704. The predicted molar refractivity (Wildman–Crippen MR) is 160 cm³/mol. The summed E-state index contributed by atoms with van der Waals surface area (Å²) in [6.45, 7) is 2.52. The van der Waals surface area contributed by atoms with Gasteiger partial charge in [-0.05, 0) is 93.5 Å². The molecule has 9 N–H and O–H groups in total. The van der Waals surface area contributed by atoms with Gasteiger partial charge in [0.25, 0.3) is 0 Å². The summed E-state index contributed by atoms with van der Waals surface area (Å²) in [6.07, 6.45) is 6.38. The number of nitrogens with two attached hydrogens (primary N) is 4. The highest BCUT2D eigenvalue weighted by Crippen LogP contribution is 2.31. The van der Waals surface area contributed by atoms with Crippen molar-refractivity contribution in [2.75, 3.05) is 6.54 Å². The predicted octanol–water partition coefficient (Wildman–Crippen LogP) is 3.77. The van der Waals surface area contributed by atoms with Crippen molar-refractivity contribution in [3.05, 3.63) is 81.1 Å². The van der Waals surface area contributed by atoms with Crippen molar-refractivity contribution in [2.24, 2.45) is 27.9 Å². The number of rotatable bonds is 12. The second-order valence-electron chi connectivity index (χ2n) is 10.2. The molecule has 0 saturated carbocycles. The van der Waals surface area contributed by atoms with E-state index in [2.05, 4.69) is 15.0 Å². The monoisotopic (exact) mass is 566 g/mol. The fraction of sp³-hybridized carbons (Fsp3) is 0.345. The zero-order valence-electron chi connectivity index (χ0n) is 22.5. The van der Waals surface area contributed by atoms with Gasteiger partial charge in [0.2, 0.25) is 0 Å². The van der Waals surface area contributed by atoms with Crippen LogP contribution in [0.5, 0.6) is 0 Å². The molecule has 2 aromatic carbocycles. The number of guanidine groups is 1. The largest absolute Gasteiger partial charge is 0.370 e. The number of fused-ring (bicyclic) bond motifs is 1. The minimum absolute atomic E-state index is 0.0460. The summed E-state index contributed by atoms with van der Waals surface area (Å²) < 4.78 is 16.5. The highest BCUT2D eigenvalue weighted by molar-refractivity contribution is 6.31. The van der Waals surface area contributed by atoms with E-state index in [9.17, 15) is 4.79 Å². The Bertz CT molecular complexity index is 1540. The molecule has 0 aliphatic heterocycles. The molecule has 2 atom stereocenters. The van der Waals surface area contributed by atoms with Crippen molar-refractivity contribution in [1.29, 1.82) is 0 Å². The number of aromatic amines is 1. The molecule has 0 unspecified atom stereocenters. The van der Waals surface area contributed by atoms with Gasteiger partial charge in [-0.1, -0.05) is 23.7 Å². The molecular weight excluding hydrogens is 531 g/mol. The van der Waals surface area contributed by atoms with Crippen molar-refractivity contribution >= 4 is 28.6 Å². The van der Waals surface area contributed by atoms with Gasteiger partial charge in [-0.3, -0.25) is 4.57 Å². The van der Waals surface area contributed by atoms with Crippen molar-refractivity contribution in [2.45, 2.75) is 57.5 Å². The van der Waals surface area contributed by atoms with Crippen LogP contribution in [0.2, 0.25) is 5.02 Å². The van der Waals surface area contributed by atoms with E-state index < -0.39 is 11.5 Å². The molecule has 0 aliphatic carbocycles. The normalized spacial score (nSPS) is 12.9. The fourth-order valence-corrected chi connectivity index (χ4v) is 5.02. The van der Waals surface area contributed by atoms with Crippen LogP contribution in [0.25, 0.3) is 28.0 Å². The van der Waals surface area contributed by atoms with E-state index in [1.165, 1.54) is 4.57 Å². The first-order chi connectivity index (χ1) is 19.1. The van der Waals surface area contributed by atoms with Crippen LogP contribution in [0.15, 0.2) is 58.4 Å². The van der Waals surface area contributed by atoms with Crippen molar-refractivity contribution < 1.29 is 4.39 Å². The number of benzene rings is 2. The molecule has 0 amide bonds. The molecule has 11 heteroatoms. The molecule has 4 aromatic rings. The van der Waals surface area contributed by atoms with Crippen LogP contribution < -0.4 is 28.6 Å². The highest BCUT2D eigenvalue weighted by Gasteiger charge is 2.16. The Morgan fingerprint density at radius 3 is 2.55 bits per heavy atom. The molecule has 0 aliphatic rings. The molecule has 0 bridgehead atoms. The molecule has 0 spiro atoms. The Labute approximate surface area is 237 Å². The minimum atomic E-state index is -0.527. The Morgan fingerprint density at radius 1 is 1.12 bits per heavy atom. The lowest BCUT2D eigenvalue weighted by atomic mass is 10.0. The van der Waals surface area contributed by atoms with E-state index in [0.717, 1.165) is 43.2 Å². The van der Waals surface area contributed by atoms with Crippen LogP contribution in [0.4, 0.5) is 4.39 Å². The molecule has 2 heterocycles. The summed E-state index contributed by atoms with van der Waals surface area (Å²) in [5.74, 6) is -0.481. The Kier molecular flexibility index (Phi) is 9.57. The van der Waals surface area contributed by atoms with Gasteiger partial charge in [0, 0.05) is 23.2 Å². The molecule has 40 heavy (non-hydrogen) atoms. The van der Waals surface area contributed by atoms with Gasteiger partial charge in [0.15, 0.2) is 11.8 Å². The van der Waals surface area contributed by atoms with Gasteiger partial charge < -0.3 is 27.9 Å². The smallest absolute Gasteiger partial charge is 0.354 e. The number of nitrogens with zero attached hydrogens (tertiary/aromatic N) is 3. The zero-order chi connectivity index (χ0) is 28.8. The third kappa shape index (κ3) is 7.26. The standard InChI is InChI=1S/C29H36ClFN8O/c1-17(33)4-2-5-19-13-23(26(31)24(30)14-19)25-15-20-16-39(29(40)38-27(20)37-25)22-9-7-18(8-10-22)12-21(6-3-11-32)36-28(34)35/h7-10,13-17,21H,2-6,11-12,32-33H2,1H3,(H4,34,35,36)(H,37,38,40)/t17-,21+/m0/s1. The van der Waals surface area contributed by atoms with Gasteiger partial charge in [-0.15, -0.1) is 0 Å². The van der Waals surface area contributed by atoms with Crippen molar-refractivity contribution in [1.82, 2.24) is 14.5 Å². The van der Waals surface area contributed by atoms with Crippen LogP contribution in [-0.4, -0.2) is 39.1 Å². The summed E-state index contributed by atoms with van der Waals surface area (Å²) in [5.41, 5.74) is 26.0. The molecular formula is C29H36ClFN8O. The number of halogens is 2. The van der Waals surface area contributed by atoms with Gasteiger partial charge in [-0.25, -0.2) is 14.2 Å². The third-order valence-corrected chi connectivity index (χ3v) is 7.05. The van der Waals surface area contributed by atoms with Gasteiger partial charge in [0.05, 0.1) is 22.4 Å². The zero-order valence-corrected chi connectivity index (χ0v) is 23.3. The van der Waals surface area contributed by atoms with Gasteiger partial charge in [-0.2, -0.15) is 4.98 Å².